The molecule has 2 aliphatic rings. The maximum atomic E-state index is 12.3. The van der Waals surface area contributed by atoms with Crippen LogP contribution in [0.2, 0.25) is 0 Å². The Hall–Kier alpha value is -0.220. The summed E-state index contributed by atoms with van der Waals surface area (Å²) in [5, 5.41) is 3.96. The van der Waals surface area contributed by atoms with Gasteiger partial charge in [-0.05, 0) is 25.3 Å². The lowest BCUT2D eigenvalue weighted by Crippen LogP contribution is -2.52. The molecule has 16 heavy (non-hydrogen) atoms. The van der Waals surface area contributed by atoms with Gasteiger partial charge in [-0.2, -0.15) is 11.8 Å². The summed E-state index contributed by atoms with van der Waals surface area (Å²) in [5.41, 5.74) is 0. The summed E-state index contributed by atoms with van der Waals surface area (Å²) in [7, 11) is 0. The smallest absolute Gasteiger partial charge is 0.239 e. The first kappa shape index (κ1) is 12.2. The van der Waals surface area contributed by atoms with E-state index in [1.54, 1.807) is 0 Å². The van der Waals surface area contributed by atoms with E-state index in [9.17, 15) is 4.79 Å². The minimum Gasteiger partial charge on any atom is -0.339 e. The van der Waals surface area contributed by atoms with Crippen molar-refractivity contribution < 1.29 is 4.79 Å². The standard InChI is InChI=1S/C12H22N2OS/c1-9-3-4-13-11(7-9)12(15)14-5-6-16-10(2)8-14/h9-11,13H,3-8H2,1-2H3. The molecule has 1 amide bonds. The number of rotatable bonds is 1. The largest absolute Gasteiger partial charge is 0.339 e. The van der Waals surface area contributed by atoms with Crippen molar-refractivity contribution in [3.05, 3.63) is 0 Å². The highest BCUT2D eigenvalue weighted by atomic mass is 32.2. The first-order valence-electron chi connectivity index (χ1n) is 6.30. The summed E-state index contributed by atoms with van der Waals surface area (Å²) >= 11 is 1.97. The van der Waals surface area contributed by atoms with E-state index < -0.39 is 0 Å². The Kier molecular flexibility index (Phi) is 4.14. The molecule has 0 spiro atoms. The molecule has 3 atom stereocenters. The summed E-state index contributed by atoms with van der Waals surface area (Å²) in [5.74, 6) is 2.11. The highest BCUT2D eigenvalue weighted by Gasteiger charge is 2.30. The first-order chi connectivity index (χ1) is 7.66. The van der Waals surface area contributed by atoms with E-state index in [0.717, 1.165) is 31.8 Å². The highest BCUT2D eigenvalue weighted by Crippen LogP contribution is 2.21. The van der Waals surface area contributed by atoms with Crippen LogP contribution < -0.4 is 5.32 Å². The molecule has 2 heterocycles. The lowest BCUT2D eigenvalue weighted by Gasteiger charge is -2.36. The van der Waals surface area contributed by atoms with Crippen LogP contribution in [-0.4, -0.2) is 47.5 Å². The topological polar surface area (TPSA) is 32.3 Å². The quantitative estimate of drug-likeness (QED) is 0.753. The Morgan fingerprint density at radius 1 is 1.44 bits per heavy atom. The molecule has 0 bridgehead atoms. The van der Waals surface area contributed by atoms with Crippen molar-refractivity contribution in [3.8, 4) is 0 Å². The minimum atomic E-state index is 0.0825. The average Bonchev–Trinajstić information content (AvgIpc) is 2.28. The Morgan fingerprint density at radius 2 is 2.25 bits per heavy atom. The summed E-state index contributed by atoms with van der Waals surface area (Å²) < 4.78 is 0. The van der Waals surface area contributed by atoms with Gasteiger partial charge in [0, 0.05) is 24.1 Å². The van der Waals surface area contributed by atoms with E-state index >= 15 is 0 Å². The van der Waals surface area contributed by atoms with Gasteiger partial charge in [0.05, 0.1) is 6.04 Å². The molecule has 0 radical (unpaired) electrons. The number of nitrogens with zero attached hydrogens (tertiary/aromatic N) is 1. The Bertz CT molecular complexity index is 235. The second-order valence-electron chi connectivity index (χ2n) is 5.10. The van der Waals surface area contributed by atoms with E-state index in [0.29, 0.717) is 17.1 Å². The third-order valence-corrected chi connectivity index (χ3v) is 4.65. The molecular formula is C12H22N2OS. The summed E-state index contributed by atoms with van der Waals surface area (Å²) in [4.78, 5) is 14.4. The zero-order chi connectivity index (χ0) is 11.5. The van der Waals surface area contributed by atoms with Crippen molar-refractivity contribution in [1.82, 2.24) is 10.2 Å². The molecule has 2 rings (SSSR count). The number of carbonyl (C=O) groups excluding carboxylic acids is 1. The van der Waals surface area contributed by atoms with Gasteiger partial charge in [0.2, 0.25) is 5.91 Å². The number of hydrogen-bond acceptors (Lipinski definition) is 3. The van der Waals surface area contributed by atoms with Crippen molar-refractivity contribution in [3.63, 3.8) is 0 Å². The fourth-order valence-corrected chi connectivity index (χ4v) is 3.55. The van der Waals surface area contributed by atoms with Crippen LogP contribution in [0.4, 0.5) is 0 Å². The highest BCUT2D eigenvalue weighted by molar-refractivity contribution is 7.99. The van der Waals surface area contributed by atoms with Crippen LogP contribution in [0, 0.1) is 5.92 Å². The molecule has 4 heteroatoms. The number of amides is 1. The second kappa shape index (κ2) is 5.41. The molecule has 3 unspecified atom stereocenters. The lowest BCUT2D eigenvalue weighted by molar-refractivity contribution is -0.134. The Balaban J connectivity index is 1.90. The molecule has 2 fully saturated rings. The van der Waals surface area contributed by atoms with Crippen LogP contribution in [0.3, 0.4) is 0 Å². The number of carbonyl (C=O) groups is 1. The van der Waals surface area contributed by atoms with Gasteiger partial charge in [0.15, 0.2) is 0 Å². The summed E-state index contributed by atoms with van der Waals surface area (Å²) in [6.45, 7) is 7.31. The van der Waals surface area contributed by atoms with Crippen molar-refractivity contribution in [2.75, 3.05) is 25.4 Å². The van der Waals surface area contributed by atoms with Gasteiger partial charge in [-0.1, -0.05) is 13.8 Å². The molecule has 0 aliphatic carbocycles. The molecule has 2 aliphatic heterocycles. The van der Waals surface area contributed by atoms with E-state index in [2.05, 4.69) is 24.1 Å². The third kappa shape index (κ3) is 2.92. The van der Waals surface area contributed by atoms with Crippen molar-refractivity contribution in [2.24, 2.45) is 5.92 Å². The zero-order valence-corrected chi connectivity index (χ0v) is 11.1. The van der Waals surface area contributed by atoms with Gasteiger partial charge in [0.1, 0.15) is 0 Å². The van der Waals surface area contributed by atoms with E-state index in [1.165, 1.54) is 6.42 Å². The van der Waals surface area contributed by atoms with Gasteiger partial charge >= 0.3 is 0 Å². The van der Waals surface area contributed by atoms with Crippen LogP contribution >= 0.6 is 11.8 Å². The fourth-order valence-electron chi connectivity index (χ4n) is 2.53. The number of thioether (sulfide) groups is 1. The van der Waals surface area contributed by atoms with Crippen LogP contribution in [0.15, 0.2) is 0 Å². The predicted molar refractivity (Wildman–Crippen MR) is 68.7 cm³/mol. The van der Waals surface area contributed by atoms with Gasteiger partial charge < -0.3 is 10.2 Å². The zero-order valence-electron chi connectivity index (χ0n) is 10.2. The van der Waals surface area contributed by atoms with Crippen LogP contribution in [0.5, 0.6) is 0 Å². The molecule has 1 N–H and O–H groups in total. The maximum Gasteiger partial charge on any atom is 0.239 e. The fraction of sp³-hybridized carbons (Fsp3) is 0.917. The van der Waals surface area contributed by atoms with Crippen LogP contribution in [0.1, 0.15) is 26.7 Å². The molecule has 0 saturated carbocycles. The normalized spacial score (nSPS) is 36.1. The SMILES string of the molecule is CC1CCNC(C(=O)N2CCSC(C)C2)C1. The monoisotopic (exact) mass is 242 g/mol. The van der Waals surface area contributed by atoms with Crippen molar-refractivity contribution in [1.29, 1.82) is 0 Å². The van der Waals surface area contributed by atoms with Crippen LogP contribution in [0.25, 0.3) is 0 Å². The first-order valence-corrected chi connectivity index (χ1v) is 7.35. The molecular weight excluding hydrogens is 220 g/mol. The maximum absolute atomic E-state index is 12.3. The van der Waals surface area contributed by atoms with Crippen LogP contribution in [-0.2, 0) is 4.79 Å². The third-order valence-electron chi connectivity index (χ3n) is 3.52. The molecule has 92 valence electrons. The van der Waals surface area contributed by atoms with E-state index in [4.69, 9.17) is 0 Å². The van der Waals surface area contributed by atoms with Gasteiger partial charge in [-0.25, -0.2) is 0 Å². The van der Waals surface area contributed by atoms with Crippen molar-refractivity contribution >= 4 is 17.7 Å². The summed E-state index contributed by atoms with van der Waals surface area (Å²) in [6, 6.07) is 0.0825. The summed E-state index contributed by atoms with van der Waals surface area (Å²) in [6.07, 6.45) is 2.22. The van der Waals surface area contributed by atoms with Crippen molar-refractivity contribution in [2.45, 2.75) is 38.0 Å². The van der Waals surface area contributed by atoms with E-state index in [-0.39, 0.29) is 6.04 Å². The van der Waals surface area contributed by atoms with Gasteiger partial charge in [-0.15, -0.1) is 0 Å². The average molecular weight is 242 g/mol. The minimum absolute atomic E-state index is 0.0825. The molecule has 0 aromatic heterocycles. The second-order valence-corrected chi connectivity index (χ2v) is 6.65. The molecule has 0 aromatic carbocycles. The molecule has 2 saturated heterocycles. The lowest BCUT2D eigenvalue weighted by atomic mass is 9.93. The number of piperidine rings is 1. The number of nitrogens with one attached hydrogen (secondary N) is 1. The predicted octanol–water partition coefficient (Wildman–Crippen LogP) is 1.34. The Morgan fingerprint density at radius 3 is 2.94 bits per heavy atom. The molecule has 0 aromatic rings. The molecule has 3 nitrogen and oxygen atoms in total. The number of hydrogen-bond donors (Lipinski definition) is 1. The van der Waals surface area contributed by atoms with E-state index in [1.807, 2.05) is 11.8 Å². The Labute approximate surface area is 102 Å². The van der Waals surface area contributed by atoms with Gasteiger partial charge in [0.25, 0.3) is 0 Å². The van der Waals surface area contributed by atoms with Gasteiger partial charge in [-0.3, -0.25) is 4.79 Å².